The first-order valence-corrected chi connectivity index (χ1v) is 6.99. The largest absolute Gasteiger partial charge is 0.351 e. The van der Waals surface area contributed by atoms with E-state index in [-0.39, 0.29) is 0 Å². The molecule has 2 aliphatic heterocycles. The molecule has 98 valence electrons. The summed E-state index contributed by atoms with van der Waals surface area (Å²) in [5, 5.41) is 3.51. The summed E-state index contributed by atoms with van der Waals surface area (Å²) >= 11 is 0. The first-order chi connectivity index (χ1) is 8.72. The second-order valence-corrected chi connectivity index (χ2v) is 5.80. The molecule has 2 fully saturated rings. The number of aromatic nitrogens is 2. The van der Waals surface area contributed by atoms with Crippen molar-refractivity contribution in [3.8, 4) is 0 Å². The topological polar surface area (TPSA) is 41.1 Å². The van der Waals surface area contributed by atoms with Gasteiger partial charge in [0.05, 0.1) is 0 Å². The SMILES string of the molecule is Cc1cnc(NC2CC3CCCC(C2)N3C)nc1. The predicted molar refractivity (Wildman–Crippen MR) is 72.6 cm³/mol. The summed E-state index contributed by atoms with van der Waals surface area (Å²) in [5.74, 6) is 0.785. The number of hydrogen-bond acceptors (Lipinski definition) is 4. The summed E-state index contributed by atoms with van der Waals surface area (Å²) in [7, 11) is 2.28. The van der Waals surface area contributed by atoms with Crippen molar-refractivity contribution in [3.05, 3.63) is 18.0 Å². The third kappa shape index (κ3) is 2.34. The van der Waals surface area contributed by atoms with Crippen LogP contribution in [-0.4, -0.2) is 40.0 Å². The molecule has 2 saturated heterocycles. The molecule has 0 amide bonds. The van der Waals surface area contributed by atoms with Crippen LogP contribution < -0.4 is 5.32 Å². The molecular weight excluding hydrogens is 224 g/mol. The Balaban J connectivity index is 1.66. The van der Waals surface area contributed by atoms with E-state index in [0.717, 1.165) is 23.6 Å². The number of nitrogens with one attached hydrogen (secondary N) is 1. The van der Waals surface area contributed by atoms with Gasteiger partial charge in [-0.15, -0.1) is 0 Å². The van der Waals surface area contributed by atoms with Crippen LogP contribution in [0.1, 0.15) is 37.7 Å². The number of nitrogens with zero attached hydrogens (tertiary/aromatic N) is 3. The van der Waals surface area contributed by atoms with Crippen LogP contribution >= 0.6 is 0 Å². The molecule has 3 rings (SSSR count). The first kappa shape index (κ1) is 11.9. The van der Waals surface area contributed by atoms with Gasteiger partial charge in [-0.3, -0.25) is 0 Å². The zero-order valence-electron chi connectivity index (χ0n) is 11.3. The van der Waals surface area contributed by atoms with E-state index in [1.807, 2.05) is 19.3 Å². The zero-order chi connectivity index (χ0) is 12.5. The van der Waals surface area contributed by atoms with Gasteiger partial charge in [0, 0.05) is 30.5 Å². The van der Waals surface area contributed by atoms with Gasteiger partial charge in [-0.25, -0.2) is 9.97 Å². The smallest absolute Gasteiger partial charge is 0.222 e. The fourth-order valence-electron chi connectivity index (χ4n) is 3.38. The van der Waals surface area contributed by atoms with Gasteiger partial charge in [-0.05, 0) is 45.2 Å². The average molecular weight is 246 g/mol. The molecule has 2 bridgehead atoms. The Morgan fingerprint density at radius 1 is 1.17 bits per heavy atom. The van der Waals surface area contributed by atoms with Crippen LogP contribution in [0.2, 0.25) is 0 Å². The number of rotatable bonds is 2. The maximum Gasteiger partial charge on any atom is 0.222 e. The summed E-state index contributed by atoms with van der Waals surface area (Å²) in [5.41, 5.74) is 1.11. The molecule has 2 aliphatic rings. The standard InChI is InChI=1S/C14H22N4/c1-10-8-15-14(16-9-10)17-11-6-12-4-3-5-13(7-11)18(12)2/h8-9,11-13H,3-7H2,1-2H3,(H,15,16,17). The first-order valence-electron chi connectivity index (χ1n) is 6.99. The van der Waals surface area contributed by atoms with E-state index >= 15 is 0 Å². The van der Waals surface area contributed by atoms with Gasteiger partial charge in [0.25, 0.3) is 0 Å². The molecule has 0 aliphatic carbocycles. The lowest BCUT2D eigenvalue weighted by molar-refractivity contribution is 0.0607. The van der Waals surface area contributed by atoms with Crippen LogP contribution in [-0.2, 0) is 0 Å². The lowest BCUT2D eigenvalue weighted by atomic mass is 9.82. The quantitative estimate of drug-likeness (QED) is 0.868. The van der Waals surface area contributed by atoms with Crippen LogP contribution in [0.5, 0.6) is 0 Å². The molecule has 4 heteroatoms. The molecule has 2 atom stereocenters. The molecule has 0 saturated carbocycles. The van der Waals surface area contributed by atoms with Gasteiger partial charge in [0.15, 0.2) is 0 Å². The highest BCUT2D eigenvalue weighted by Crippen LogP contribution is 2.33. The van der Waals surface area contributed by atoms with Crippen molar-refractivity contribution in [1.82, 2.24) is 14.9 Å². The Kier molecular flexibility index (Phi) is 3.20. The molecule has 1 aromatic heterocycles. The van der Waals surface area contributed by atoms with Crippen molar-refractivity contribution >= 4 is 5.95 Å². The minimum Gasteiger partial charge on any atom is -0.351 e. The van der Waals surface area contributed by atoms with Gasteiger partial charge in [-0.2, -0.15) is 0 Å². The fraction of sp³-hybridized carbons (Fsp3) is 0.714. The third-order valence-corrected chi connectivity index (χ3v) is 4.45. The predicted octanol–water partition coefficient (Wildman–Crippen LogP) is 2.21. The summed E-state index contributed by atoms with van der Waals surface area (Å²) in [6.07, 6.45) is 10.3. The number of fused-ring (bicyclic) bond motifs is 2. The Morgan fingerprint density at radius 2 is 1.78 bits per heavy atom. The molecule has 0 spiro atoms. The Bertz CT molecular complexity index is 389. The minimum absolute atomic E-state index is 0.541. The lowest BCUT2D eigenvalue weighted by Crippen LogP contribution is -2.52. The van der Waals surface area contributed by atoms with Crippen LogP contribution in [0.25, 0.3) is 0 Å². The number of anilines is 1. The van der Waals surface area contributed by atoms with Crippen molar-refractivity contribution in [3.63, 3.8) is 0 Å². The molecule has 4 nitrogen and oxygen atoms in total. The highest BCUT2D eigenvalue weighted by Gasteiger charge is 2.35. The van der Waals surface area contributed by atoms with Gasteiger partial charge in [-0.1, -0.05) is 6.42 Å². The van der Waals surface area contributed by atoms with Gasteiger partial charge in [0.2, 0.25) is 5.95 Å². The molecule has 0 aromatic carbocycles. The van der Waals surface area contributed by atoms with E-state index in [1.54, 1.807) is 0 Å². The Morgan fingerprint density at radius 3 is 2.39 bits per heavy atom. The van der Waals surface area contributed by atoms with Crippen molar-refractivity contribution in [1.29, 1.82) is 0 Å². The summed E-state index contributed by atoms with van der Waals surface area (Å²) in [6.45, 7) is 2.02. The van der Waals surface area contributed by atoms with Gasteiger partial charge in [0.1, 0.15) is 0 Å². The molecule has 3 heterocycles. The van der Waals surface area contributed by atoms with Gasteiger partial charge < -0.3 is 10.2 Å². The molecule has 1 aromatic rings. The van der Waals surface area contributed by atoms with Crippen LogP contribution in [0.4, 0.5) is 5.95 Å². The molecule has 0 radical (unpaired) electrons. The van der Waals surface area contributed by atoms with E-state index in [9.17, 15) is 0 Å². The van der Waals surface area contributed by atoms with Crippen molar-refractivity contribution in [2.45, 2.75) is 57.2 Å². The monoisotopic (exact) mass is 246 g/mol. The van der Waals surface area contributed by atoms with Crippen molar-refractivity contribution in [2.24, 2.45) is 0 Å². The highest BCUT2D eigenvalue weighted by molar-refractivity contribution is 5.26. The summed E-state index contributed by atoms with van der Waals surface area (Å²) < 4.78 is 0. The van der Waals surface area contributed by atoms with E-state index < -0.39 is 0 Å². The zero-order valence-corrected chi connectivity index (χ0v) is 11.3. The lowest BCUT2D eigenvalue weighted by Gasteiger charge is -2.47. The number of piperidine rings is 2. The normalized spacial score (nSPS) is 32.2. The molecule has 2 unspecified atom stereocenters. The molecule has 18 heavy (non-hydrogen) atoms. The van der Waals surface area contributed by atoms with Crippen LogP contribution in [0.15, 0.2) is 12.4 Å². The molecular formula is C14H22N4. The Hall–Kier alpha value is -1.16. The molecule has 1 N–H and O–H groups in total. The highest BCUT2D eigenvalue weighted by atomic mass is 15.2. The summed E-state index contributed by atoms with van der Waals surface area (Å²) in [6, 6.07) is 2.04. The maximum atomic E-state index is 4.35. The average Bonchev–Trinajstić information content (AvgIpc) is 2.33. The van der Waals surface area contributed by atoms with E-state index in [1.165, 1.54) is 32.1 Å². The van der Waals surface area contributed by atoms with E-state index in [0.29, 0.717) is 6.04 Å². The second-order valence-electron chi connectivity index (χ2n) is 5.80. The Labute approximate surface area is 109 Å². The summed E-state index contributed by atoms with van der Waals surface area (Å²) in [4.78, 5) is 11.3. The van der Waals surface area contributed by atoms with Crippen molar-refractivity contribution in [2.75, 3.05) is 12.4 Å². The van der Waals surface area contributed by atoms with Crippen LogP contribution in [0.3, 0.4) is 0 Å². The number of aryl methyl sites for hydroxylation is 1. The van der Waals surface area contributed by atoms with Gasteiger partial charge >= 0.3 is 0 Å². The van der Waals surface area contributed by atoms with Crippen molar-refractivity contribution < 1.29 is 0 Å². The fourth-order valence-corrected chi connectivity index (χ4v) is 3.38. The minimum atomic E-state index is 0.541. The van der Waals surface area contributed by atoms with E-state index in [2.05, 4.69) is 27.2 Å². The second kappa shape index (κ2) is 4.84. The number of hydrogen-bond donors (Lipinski definition) is 1. The van der Waals surface area contributed by atoms with Crippen LogP contribution in [0, 0.1) is 6.92 Å². The van der Waals surface area contributed by atoms with E-state index in [4.69, 9.17) is 0 Å². The maximum absolute atomic E-state index is 4.35. The third-order valence-electron chi connectivity index (χ3n) is 4.45.